The molecule has 7 atom stereocenters. The molecule has 5 rings (SSSR count). The Morgan fingerprint density at radius 3 is 2.82 bits per heavy atom. The number of carbonyl (C=O) groups excluding carboxylic acids is 1. The molecule has 10 heteroatoms. The average Bonchev–Trinajstić information content (AvgIpc) is 3.31. The Balaban J connectivity index is 1.26. The van der Waals surface area contributed by atoms with Crippen molar-refractivity contribution < 1.29 is 9.18 Å². The number of rotatable bonds is 4. The molecule has 28 heavy (non-hydrogen) atoms. The second-order valence-corrected chi connectivity index (χ2v) is 8.85. The highest BCUT2D eigenvalue weighted by atomic mass is 19.1. The van der Waals surface area contributed by atoms with Crippen LogP contribution in [0.1, 0.15) is 19.3 Å². The van der Waals surface area contributed by atoms with Gasteiger partial charge in [-0.3, -0.25) is 15.0 Å². The predicted molar refractivity (Wildman–Crippen MR) is 103 cm³/mol. The summed E-state index contributed by atoms with van der Waals surface area (Å²) in [5.74, 6) is 0.179. The summed E-state index contributed by atoms with van der Waals surface area (Å²) in [5.41, 5.74) is 10.5. The molecular weight excluding hydrogens is 363 g/mol. The SMILES string of the molecule is NC1[N-]N2CC(F)CNC2C1C(=O)NC1CNCCC1N1CCNC1C1CC1. The van der Waals surface area contributed by atoms with E-state index in [4.69, 9.17) is 5.73 Å². The summed E-state index contributed by atoms with van der Waals surface area (Å²) < 4.78 is 13.7. The molecule has 0 radical (unpaired) electrons. The molecule has 5 fully saturated rings. The van der Waals surface area contributed by atoms with Crippen molar-refractivity contribution in [3.05, 3.63) is 5.43 Å². The third-order valence-corrected chi connectivity index (χ3v) is 6.90. The Kier molecular flexibility index (Phi) is 5.29. The highest BCUT2D eigenvalue weighted by Gasteiger charge is 2.45. The van der Waals surface area contributed by atoms with Gasteiger partial charge < -0.3 is 32.1 Å². The van der Waals surface area contributed by atoms with Crippen molar-refractivity contribution in [3.63, 3.8) is 0 Å². The molecule has 4 saturated heterocycles. The van der Waals surface area contributed by atoms with Crippen molar-refractivity contribution in [2.45, 2.75) is 56.0 Å². The molecular formula is C18H32FN8O-. The molecule has 0 aromatic carbocycles. The Bertz CT molecular complexity index is 592. The molecule has 0 spiro atoms. The van der Waals surface area contributed by atoms with Crippen molar-refractivity contribution >= 4 is 5.91 Å². The number of nitrogens with two attached hydrogens (primary N) is 1. The fourth-order valence-corrected chi connectivity index (χ4v) is 5.38. The molecule has 5 aliphatic rings. The van der Waals surface area contributed by atoms with Crippen LogP contribution in [0.5, 0.6) is 0 Å². The van der Waals surface area contributed by atoms with Gasteiger partial charge in [0.25, 0.3) is 0 Å². The summed E-state index contributed by atoms with van der Waals surface area (Å²) in [5, 5.41) is 15.1. The van der Waals surface area contributed by atoms with Gasteiger partial charge in [0.1, 0.15) is 6.17 Å². The lowest BCUT2D eigenvalue weighted by molar-refractivity contribution is -0.128. The number of nitrogens with zero attached hydrogens (tertiary/aromatic N) is 3. The first-order valence-electron chi connectivity index (χ1n) is 10.7. The van der Waals surface area contributed by atoms with E-state index in [-0.39, 0.29) is 31.2 Å². The van der Waals surface area contributed by atoms with E-state index >= 15 is 0 Å². The molecule has 9 nitrogen and oxygen atoms in total. The van der Waals surface area contributed by atoms with Gasteiger partial charge in [0, 0.05) is 38.8 Å². The molecule has 7 unspecified atom stereocenters. The van der Waals surface area contributed by atoms with Gasteiger partial charge in [-0.15, -0.1) is 0 Å². The average molecular weight is 396 g/mol. The number of alkyl halides is 1. The summed E-state index contributed by atoms with van der Waals surface area (Å²) in [6.07, 6.45) is 2.14. The monoisotopic (exact) mass is 395 g/mol. The first-order valence-corrected chi connectivity index (χ1v) is 10.7. The summed E-state index contributed by atoms with van der Waals surface area (Å²) in [6.45, 7) is 4.22. The van der Waals surface area contributed by atoms with Crippen molar-refractivity contribution in [2.75, 3.05) is 39.3 Å². The lowest BCUT2D eigenvalue weighted by Crippen LogP contribution is -2.64. The fraction of sp³-hybridized carbons (Fsp3) is 0.944. The molecule has 4 aliphatic heterocycles. The third-order valence-electron chi connectivity index (χ3n) is 6.90. The van der Waals surface area contributed by atoms with Gasteiger partial charge in [-0.2, -0.15) is 0 Å². The van der Waals surface area contributed by atoms with Crippen LogP contribution in [0.3, 0.4) is 0 Å². The van der Waals surface area contributed by atoms with Gasteiger partial charge in [-0.05, 0) is 31.7 Å². The Hall–Kier alpha value is -0.880. The van der Waals surface area contributed by atoms with E-state index in [9.17, 15) is 9.18 Å². The van der Waals surface area contributed by atoms with Crippen LogP contribution in [0.4, 0.5) is 4.39 Å². The van der Waals surface area contributed by atoms with Gasteiger partial charge in [0.15, 0.2) is 0 Å². The zero-order valence-corrected chi connectivity index (χ0v) is 16.2. The van der Waals surface area contributed by atoms with Gasteiger partial charge in [-0.1, -0.05) is 6.17 Å². The lowest BCUT2D eigenvalue weighted by Gasteiger charge is -2.43. The molecule has 0 bridgehead atoms. The first kappa shape index (κ1) is 19.1. The van der Waals surface area contributed by atoms with E-state index in [1.54, 1.807) is 5.01 Å². The zero-order chi connectivity index (χ0) is 19.3. The maximum atomic E-state index is 13.7. The largest absolute Gasteiger partial charge is 0.578 e. The van der Waals surface area contributed by atoms with Crippen molar-refractivity contribution in [2.24, 2.45) is 17.6 Å². The van der Waals surface area contributed by atoms with Crippen LogP contribution in [0.15, 0.2) is 0 Å². The number of fused-ring (bicyclic) bond motifs is 1. The van der Waals surface area contributed by atoms with Crippen molar-refractivity contribution in [1.29, 1.82) is 0 Å². The summed E-state index contributed by atoms with van der Waals surface area (Å²) in [4.78, 5) is 15.7. The van der Waals surface area contributed by atoms with Crippen LogP contribution in [0, 0.1) is 11.8 Å². The highest BCUT2D eigenvalue weighted by molar-refractivity contribution is 5.81. The molecule has 0 aromatic rings. The number of piperidine rings is 1. The number of carbonyl (C=O) groups is 1. The van der Waals surface area contributed by atoms with Gasteiger partial charge in [0.2, 0.25) is 5.91 Å². The minimum absolute atomic E-state index is 0.0427. The number of hydrogen-bond acceptors (Lipinski definition) is 7. The molecule has 158 valence electrons. The van der Waals surface area contributed by atoms with E-state index in [0.29, 0.717) is 12.2 Å². The zero-order valence-electron chi connectivity index (χ0n) is 16.2. The number of nitrogens with one attached hydrogen (secondary N) is 4. The van der Waals surface area contributed by atoms with Crippen LogP contribution >= 0.6 is 0 Å². The van der Waals surface area contributed by atoms with Gasteiger partial charge in [-0.25, -0.2) is 4.39 Å². The standard InChI is InChI=1S/C18H32FN8O/c19-11-7-23-17-14(15(20)25-27(17)9-11)18(28)24-12-8-21-4-3-13(12)26-6-5-22-16(26)10-1-2-10/h10-17,21-23H,1-9,20H2,(H,24,28)/q-1. The van der Waals surface area contributed by atoms with Crippen molar-refractivity contribution in [1.82, 2.24) is 31.2 Å². The summed E-state index contributed by atoms with van der Waals surface area (Å²) in [6, 6.07) is 0.368. The van der Waals surface area contributed by atoms with Gasteiger partial charge >= 0.3 is 0 Å². The quantitative estimate of drug-likeness (QED) is 0.384. The van der Waals surface area contributed by atoms with Crippen LogP contribution in [0.25, 0.3) is 5.43 Å². The van der Waals surface area contributed by atoms with E-state index in [0.717, 1.165) is 38.5 Å². The van der Waals surface area contributed by atoms with Crippen LogP contribution in [-0.2, 0) is 4.79 Å². The Labute approximate surface area is 165 Å². The van der Waals surface area contributed by atoms with E-state index in [1.807, 2.05) is 0 Å². The van der Waals surface area contributed by atoms with Crippen LogP contribution < -0.4 is 27.0 Å². The lowest BCUT2D eigenvalue weighted by atomic mass is 9.95. The highest BCUT2D eigenvalue weighted by Crippen LogP contribution is 2.37. The predicted octanol–water partition coefficient (Wildman–Crippen LogP) is -1.75. The normalized spacial score (nSPS) is 45.1. The van der Waals surface area contributed by atoms with Gasteiger partial charge in [0.05, 0.1) is 24.3 Å². The first-order chi connectivity index (χ1) is 13.6. The Morgan fingerprint density at radius 1 is 1.14 bits per heavy atom. The molecule has 4 heterocycles. The van der Waals surface area contributed by atoms with Crippen LogP contribution in [-0.4, -0.2) is 91.8 Å². The van der Waals surface area contributed by atoms with E-state index in [2.05, 4.69) is 31.6 Å². The molecule has 6 N–H and O–H groups in total. The smallest absolute Gasteiger partial charge is 0.226 e. The maximum absolute atomic E-state index is 13.7. The molecule has 0 aromatic heterocycles. The van der Waals surface area contributed by atoms with E-state index < -0.39 is 18.3 Å². The second-order valence-electron chi connectivity index (χ2n) is 8.85. The Morgan fingerprint density at radius 2 is 2.00 bits per heavy atom. The summed E-state index contributed by atoms with van der Waals surface area (Å²) in [7, 11) is 0. The van der Waals surface area contributed by atoms with Crippen molar-refractivity contribution in [3.8, 4) is 0 Å². The minimum Gasteiger partial charge on any atom is -0.578 e. The summed E-state index contributed by atoms with van der Waals surface area (Å²) >= 11 is 0. The molecule has 1 amide bonds. The van der Waals surface area contributed by atoms with E-state index in [1.165, 1.54) is 12.8 Å². The third kappa shape index (κ3) is 3.55. The minimum atomic E-state index is -0.983. The molecule has 1 saturated carbocycles. The number of halogens is 1. The van der Waals surface area contributed by atoms with Crippen LogP contribution in [0.2, 0.25) is 0 Å². The topological polar surface area (TPSA) is 112 Å². The fourth-order valence-electron chi connectivity index (χ4n) is 5.38. The second kappa shape index (κ2) is 7.75. The number of hydrogen-bond donors (Lipinski definition) is 5. The maximum Gasteiger partial charge on any atom is 0.226 e. The number of amides is 1. The molecule has 1 aliphatic carbocycles.